The van der Waals surface area contributed by atoms with E-state index in [-0.39, 0.29) is 5.82 Å². The lowest BCUT2D eigenvalue weighted by Crippen LogP contribution is -2.22. The molecule has 1 fully saturated rings. The first-order valence-corrected chi connectivity index (χ1v) is 8.23. The maximum Gasteiger partial charge on any atom is 0.123 e. The molecule has 0 aromatic heterocycles. The highest BCUT2D eigenvalue weighted by atomic mass is 79.9. The van der Waals surface area contributed by atoms with Crippen molar-refractivity contribution in [2.45, 2.75) is 25.4 Å². The van der Waals surface area contributed by atoms with Gasteiger partial charge in [0.2, 0.25) is 0 Å². The van der Waals surface area contributed by atoms with Gasteiger partial charge in [-0.3, -0.25) is 0 Å². The molecule has 1 unspecified atom stereocenters. The van der Waals surface area contributed by atoms with Crippen LogP contribution in [0.25, 0.3) is 0 Å². The van der Waals surface area contributed by atoms with E-state index in [2.05, 4.69) is 33.4 Å². The van der Waals surface area contributed by atoms with Crippen LogP contribution in [0.15, 0.2) is 46.9 Å². The molecule has 0 spiro atoms. The van der Waals surface area contributed by atoms with Crippen LogP contribution in [-0.2, 0) is 6.54 Å². The van der Waals surface area contributed by atoms with Crippen LogP contribution in [0.4, 0.5) is 4.39 Å². The molecule has 1 saturated carbocycles. The molecule has 1 atom stereocenters. The third-order valence-electron chi connectivity index (χ3n) is 3.84. The van der Waals surface area contributed by atoms with Crippen molar-refractivity contribution >= 4 is 27.5 Å². The van der Waals surface area contributed by atoms with Gasteiger partial charge in [-0.05, 0) is 60.2 Å². The predicted molar refractivity (Wildman–Crippen MR) is 87.9 cm³/mol. The molecule has 0 radical (unpaired) electrons. The summed E-state index contributed by atoms with van der Waals surface area (Å²) in [4.78, 5) is 0. The first-order chi connectivity index (χ1) is 10.1. The van der Waals surface area contributed by atoms with Crippen molar-refractivity contribution in [1.82, 2.24) is 5.32 Å². The Labute approximate surface area is 137 Å². The minimum absolute atomic E-state index is 0.204. The standard InChI is InChI=1S/C17H16BrClFN/c18-16-8-7-15(20)9-13(16)10-21-17(11-1-2-11)12-3-5-14(19)6-4-12/h3-9,11,17,21H,1-2,10H2. The topological polar surface area (TPSA) is 12.0 Å². The molecule has 0 bridgehead atoms. The number of halogens is 3. The third-order valence-corrected chi connectivity index (χ3v) is 4.87. The first kappa shape index (κ1) is 15.0. The molecule has 1 nitrogen and oxygen atoms in total. The monoisotopic (exact) mass is 367 g/mol. The Bertz CT molecular complexity index is 625. The van der Waals surface area contributed by atoms with Gasteiger partial charge in [0.15, 0.2) is 0 Å². The summed E-state index contributed by atoms with van der Waals surface area (Å²) in [5, 5.41) is 4.31. The highest BCUT2D eigenvalue weighted by molar-refractivity contribution is 9.10. The summed E-state index contributed by atoms with van der Waals surface area (Å²) in [5.41, 5.74) is 2.18. The Hall–Kier alpha value is -0.900. The number of hydrogen-bond acceptors (Lipinski definition) is 1. The second kappa shape index (κ2) is 6.47. The lowest BCUT2D eigenvalue weighted by molar-refractivity contribution is 0.478. The van der Waals surface area contributed by atoms with Crippen LogP contribution in [0.3, 0.4) is 0 Å². The van der Waals surface area contributed by atoms with Crippen LogP contribution in [0.2, 0.25) is 5.02 Å². The lowest BCUT2D eigenvalue weighted by Gasteiger charge is -2.19. The molecule has 2 aromatic carbocycles. The van der Waals surface area contributed by atoms with E-state index in [0.29, 0.717) is 18.5 Å². The van der Waals surface area contributed by atoms with E-state index in [4.69, 9.17) is 11.6 Å². The maximum absolute atomic E-state index is 13.3. The highest BCUT2D eigenvalue weighted by Gasteiger charge is 2.31. The van der Waals surface area contributed by atoms with Crippen LogP contribution >= 0.6 is 27.5 Å². The van der Waals surface area contributed by atoms with Crippen molar-refractivity contribution in [3.8, 4) is 0 Å². The minimum Gasteiger partial charge on any atom is -0.306 e. The summed E-state index contributed by atoms with van der Waals surface area (Å²) in [7, 11) is 0. The van der Waals surface area contributed by atoms with Crippen molar-refractivity contribution < 1.29 is 4.39 Å². The summed E-state index contributed by atoms with van der Waals surface area (Å²) in [5.74, 6) is 0.461. The first-order valence-electron chi connectivity index (χ1n) is 7.06. The molecule has 1 aliphatic rings. The molecule has 3 rings (SSSR count). The molecule has 0 heterocycles. The van der Waals surface area contributed by atoms with Crippen molar-refractivity contribution in [1.29, 1.82) is 0 Å². The third kappa shape index (κ3) is 3.85. The van der Waals surface area contributed by atoms with Crippen LogP contribution < -0.4 is 5.32 Å². The molecule has 1 aliphatic carbocycles. The second-order valence-electron chi connectivity index (χ2n) is 5.48. The van der Waals surface area contributed by atoms with E-state index in [0.717, 1.165) is 15.1 Å². The zero-order chi connectivity index (χ0) is 14.8. The van der Waals surface area contributed by atoms with Crippen LogP contribution in [-0.4, -0.2) is 0 Å². The molecule has 4 heteroatoms. The Morgan fingerprint density at radius 3 is 2.57 bits per heavy atom. The Morgan fingerprint density at radius 2 is 1.90 bits per heavy atom. The highest BCUT2D eigenvalue weighted by Crippen LogP contribution is 2.41. The number of benzene rings is 2. The van der Waals surface area contributed by atoms with Gasteiger partial charge in [-0.1, -0.05) is 39.7 Å². The van der Waals surface area contributed by atoms with Crippen molar-refractivity contribution in [2.24, 2.45) is 5.92 Å². The van der Waals surface area contributed by atoms with Gasteiger partial charge < -0.3 is 5.32 Å². The van der Waals surface area contributed by atoms with E-state index in [1.54, 1.807) is 12.1 Å². The summed E-state index contributed by atoms with van der Waals surface area (Å²) in [6, 6.07) is 13.1. The van der Waals surface area contributed by atoms with Gasteiger partial charge in [-0.15, -0.1) is 0 Å². The SMILES string of the molecule is Fc1ccc(Br)c(CNC(c2ccc(Cl)cc2)C2CC2)c1. The molecular formula is C17H16BrClFN. The van der Waals surface area contributed by atoms with Gasteiger partial charge in [0, 0.05) is 22.1 Å². The smallest absolute Gasteiger partial charge is 0.123 e. The predicted octanol–water partition coefficient (Wildman–Crippen LogP) is 5.48. The number of hydrogen-bond donors (Lipinski definition) is 1. The molecule has 110 valence electrons. The van der Waals surface area contributed by atoms with Crippen molar-refractivity contribution in [3.63, 3.8) is 0 Å². The molecule has 0 saturated heterocycles. The largest absolute Gasteiger partial charge is 0.306 e. The normalized spacial score (nSPS) is 16.0. The molecule has 1 N–H and O–H groups in total. The minimum atomic E-state index is -0.204. The quantitative estimate of drug-likeness (QED) is 0.736. The fourth-order valence-electron chi connectivity index (χ4n) is 2.56. The summed E-state index contributed by atoms with van der Waals surface area (Å²) in [6.45, 7) is 0.641. The molecule has 0 amide bonds. The zero-order valence-corrected chi connectivity index (χ0v) is 13.8. The van der Waals surface area contributed by atoms with Gasteiger partial charge >= 0.3 is 0 Å². The lowest BCUT2D eigenvalue weighted by atomic mass is 10.0. The van der Waals surface area contributed by atoms with Crippen molar-refractivity contribution in [2.75, 3.05) is 0 Å². The van der Waals surface area contributed by atoms with Gasteiger partial charge in [0.1, 0.15) is 5.82 Å². The van der Waals surface area contributed by atoms with Gasteiger partial charge in [0.05, 0.1) is 0 Å². The average molecular weight is 369 g/mol. The van der Waals surface area contributed by atoms with E-state index in [9.17, 15) is 4.39 Å². The number of nitrogens with one attached hydrogen (secondary N) is 1. The second-order valence-corrected chi connectivity index (χ2v) is 6.77. The Balaban J connectivity index is 1.74. The average Bonchev–Trinajstić information content (AvgIpc) is 3.29. The van der Waals surface area contributed by atoms with E-state index in [1.807, 2.05) is 12.1 Å². The van der Waals surface area contributed by atoms with Gasteiger partial charge in [-0.2, -0.15) is 0 Å². The Morgan fingerprint density at radius 1 is 1.19 bits per heavy atom. The Kier molecular flexibility index (Phi) is 4.63. The molecule has 21 heavy (non-hydrogen) atoms. The zero-order valence-electron chi connectivity index (χ0n) is 11.5. The van der Waals surface area contributed by atoms with Crippen molar-refractivity contribution in [3.05, 3.63) is 68.9 Å². The van der Waals surface area contributed by atoms with E-state index in [1.165, 1.54) is 24.5 Å². The summed E-state index contributed by atoms with van der Waals surface area (Å²) >= 11 is 9.43. The van der Waals surface area contributed by atoms with Crippen LogP contribution in [0.1, 0.15) is 30.0 Å². The van der Waals surface area contributed by atoms with Gasteiger partial charge in [-0.25, -0.2) is 4.39 Å². The van der Waals surface area contributed by atoms with Crippen LogP contribution in [0.5, 0.6) is 0 Å². The van der Waals surface area contributed by atoms with Crippen LogP contribution in [0, 0.1) is 11.7 Å². The number of rotatable bonds is 5. The molecule has 2 aromatic rings. The van der Waals surface area contributed by atoms with E-state index < -0.39 is 0 Å². The summed E-state index contributed by atoms with van der Waals surface area (Å²) in [6.07, 6.45) is 2.48. The molecular weight excluding hydrogens is 353 g/mol. The fraction of sp³-hybridized carbons (Fsp3) is 0.294. The molecule has 0 aliphatic heterocycles. The van der Waals surface area contributed by atoms with E-state index >= 15 is 0 Å². The fourth-order valence-corrected chi connectivity index (χ4v) is 3.07. The summed E-state index contributed by atoms with van der Waals surface area (Å²) < 4.78 is 14.3. The maximum atomic E-state index is 13.3. The van der Waals surface area contributed by atoms with Gasteiger partial charge in [0.25, 0.3) is 0 Å².